The molecule has 0 saturated heterocycles. The van der Waals surface area contributed by atoms with E-state index in [2.05, 4.69) is 31.2 Å². The topological polar surface area (TPSA) is 121 Å². The van der Waals surface area contributed by atoms with Crippen molar-refractivity contribution >= 4 is 5.82 Å². The fourth-order valence-corrected chi connectivity index (χ4v) is 3.37. The highest BCUT2D eigenvalue weighted by molar-refractivity contribution is 5.69. The number of pyridine rings is 1. The molecule has 3 aromatic heterocycles. The Hall–Kier alpha value is -4.16. The number of hydrogen-bond donors (Lipinski definition) is 2. The van der Waals surface area contributed by atoms with Gasteiger partial charge >= 0.3 is 0 Å². The summed E-state index contributed by atoms with van der Waals surface area (Å²) in [4.78, 5) is 13.1. The summed E-state index contributed by atoms with van der Waals surface area (Å²) >= 11 is 0. The molecule has 166 valence electrons. The highest BCUT2D eigenvalue weighted by Crippen LogP contribution is 2.28. The van der Waals surface area contributed by atoms with E-state index in [9.17, 15) is 4.39 Å². The first kappa shape index (κ1) is 22.0. The lowest BCUT2D eigenvalue weighted by molar-refractivity contribution is 0.528. The number of nitrogen functional groups attached to an aromatic ring is 1. The number of rotatable bonds is 5. The molecule has 9 heteroatoms. The molecule has 0 aliphatic heterocycles. The van der Waals surface area contributed by atoms with Gasteiger partial charge in [0.1, 0.15) is 11.4 Å². The number of benzene rings is 1. The lowest BCUT2D eigenvalue weighted by Crippen LogP contribution is -2.30. The molecule has 0 aliphatic carbocycles. The van der Waals surface area contributed by atoms with Crippen LogP contribution in [0.3, 0.4) is 0 Å². The molecule has 0 unspecified atom stereocenters. The Morgan fingerprint density at radius 2 is 1.88 bits per heavy atom. The van der Waals surface area contributed by atoms with Crippen LogP contribution in [-0.4, -0.2) is 29.9 Å². The maximum absolute atomic E-state index is 14.9. The molecule has 33 heavy (non-hydrogen) atoms. The summed E-state index contributed by atoms with van der Waals surface area (Å²) in [7, 11) is 0. The van der Waals surface area contributed by atoms with Crippen molar-refractivity contribution in [3.8, 4) is 35.1 Å². The maximum atomic E-state index is 14.9. The Balaban J connectivity index is 1.70. The van der Waals surface area contributed by atoms with Crippen molar-refractivity contribution < 1.29 is 4.39 Å². The zero-order valence-corrected chi connectivity index (χ0v) is 18.5. The molecule has 0 radical (unpaired) electrons. The van der Waals surface area contributed by atoms with E-state index in [0.717, 1.165) is 17.0 Å². The van der Waals surface area contributed by atoms with Crippen LogP contribution in [-0.2, 0) is 12.1 Å². The van der Waals surface area contributed by atoms with Crippen molar-refractivity contribution in [3.63, 3.8) is 0 Å². The molecule has 0 amide bonds. The van der Waals surface area contributed by atoms with Crippen LogP contribution in [0.25, 0.3) is 22.8 Å². The Morgan fingerprint density at radius 3 is 2.61 bits per heavy atom. The number of nitrogens with zero attached hydrogens (tertiary/aromatic N) is 6. The van der Waals surface area contributed by atoms with Crippen LogP contribution < -0.4 is 11.5 Å². The summed E-state index contributed by atoms with van der Waals surface area (Å²) in [6.45, 7) is 5.95. The quantitative estimate of drug-likeness (QED) is 0.456. The van der Waals surface area contributed by atoms with E-state index in [1.807, 2.05) is 45.0 Å². The molecule has 0 fully saturated rings. The molecule has 4 aromatic rings. The summed E-state index contributed by atoms with van der Waals surface area (Å²) < 4.78 is 16.4. The highest BCUT2D eigenvalue weighted by atomic mass is 19.1. The third kappa shape index (κ3) is 4.42. The number of terminal acetylenes is 1. The van der Waals surface area contributed by atoms with E-state index in [4.69, 9.17) is 17.9 Å². The molecule has 8 nitrogen and oxygen atoms in total. The standard InChI is InChI=1S/C24H23FN8/c1-5-15-8-6-10-17(14(15)2)23-29-21(20(25)22(26)30-23)18-13-33(32-31-18)12-16-9-7-11-19(28-16)24(3,4)27/h1,6-11,13H,12,27H2,2-4H3,(H2,26,29,30). The fourth-order valence-electron chi connectivity index (χ4n) is 3.37. The number of anilines is 1. The van der Waals surface area contributed by atoms with Crippen LogP contribution in [0.5, 0.6) is 0 Å². The summed E-state index contributed by atoms with van der Waals surface area (Å²) in [6.07, 6.45) is 7.15. The molecule has 0 spiro atoms. The minimum Gasteiger partial charge on any atom is -0.381 e. The van der Waals surface area contributed by atoms with Gasteiger partial charge in [0.2, 0.25) is 0 Å². The Morgan fingerprint density at radius 1 is 1.12 bits per heavy atom. The molecule has 0 atom stereocenters. The van der Waals surface area contributed by atoms with E-state index in [-0.39, 0.29) is 23.0 Å². The van der Waals surface area contributed by atoms with Crippen molar-refractivity contribution in [2.75, 3.05) is 5.73 Å². The van der Waals surface area contributed by atoms with Crippen molar-refractivity contribution in [1.29, 1.82) is 0 Å². The van der Waals surface area contributed by atoms with E-state index in [0.29, 0.717) is 17.7 Å². The highest BCUT2D eigenvalue weighted by Gasteiger charge is 2.20. The predicted octanol–water partition coefficient (Wildman–Crippen LogP) is 3.05. The average molecular weight is 443 g/mol. The predicted molar refractivity (Wildman–Crippen MR) is 124 cm³/mol. The minimum atomic E-state index is -0.762. The number of hydrogen-bond acceptors (Lipinski definition) is 7. The normalized spacial score (nSPS) is 11.4. The second-order valence-corrected chi connectivity index (χ2v) is 8.25. The van der Waals surface area contributed by atoms with Crippen molar-refractivity contribution in [1.82, 2.24) is 29.9 Å². The summed E-state index contributed by atoms with van der Waals surface area (Å²) in [5, 5.41) is 8.19. The third-order valence-corrected chi connectivity index (χ3v) is 5.18. The van der Waals surface area contributed by atoms with Gasteiger partial charge in [-0.25, -0.2) is 19.0 Å². The molecule has 4 N–H and O–H groups in total. The second kappa shape index (κ2) is 8.41. The van der Waals surface area contributed by atoms with Crippen molar-refractivity contribution in [3.05, 3.63) is 70.9 Å². The van der Waals surface area contributed by atoms with Gasteiger partial charge < -0.3 is 11.5 Å². The summed E-state index contributed by atoms with van der Waals surface area (Å²) in [6, 6.07) is 11.0. The first-order valence-corrected chi connectivity index (χ1v) is 10.2. The van der Waals surface area contributed by atoms with Crippen LogP contribution in [0, 0.1) is 25.1 Å². The van der Waals surface area contributed by atoms with Crippen LogP contribution in [0.15, 0.2) is 42.6 Å². The zero-order chi connectivity index (χ0) is 23.8. The second-order valence-electron chi connectivity index (χ2n) is 8.25. The van der Waals surface area contributed by atoms with E-state index in [1.165, 1.54) is 0 Å². The Labute approximate surface area is 190 Å². The first-order chi connectivity index (χ1) is 15.7. The zero-order valence-electron chi connectivity index (χ0n) is 18.5. The molecule has 0 aliphatic rings. The van der Waals surface area contributed by atoms with Crippen LogP contribution in [0.4, 0.5) is 10.2 Å². The lowest BCUT2D eigenvalue weighted by atomic mass is 10.0. The van der Waals surface area contributed by atoms with Crippen molar-refractivity contribution in [2.24, 2.45) is 5.73 Å². The third-order valence-electron chi connectivity index (χ3n) is 5.18. The van der Waals surface area contributed by atoms with Gasteiger partial charge in [-0.3, -0.25) is 4.98 Å². The van der Waals surface area contributed by atoms with Crippen LogP contribution in [0.2, 0.25) is 0 Å². The minimum absolute atomic E-state index is 0.0425. The van der Waals surface area contributed by atoms with Gasteiger partial charge in [-0.15, -0.1) is 11.5 Å². The first-order valence-electron chi connectivity index (χ1n) is 10.2. The number of nitrogens with two attached hydrogens (primary N) is 2. The lowest BCUT2D eigenvalue weighted by Gasteiger charge is -2.18. The Kier molecular flexibility index (Phi) is 5.62. The van der Waals surface area contributed by atoms with Gasteiger partial charge in [0.25, 0.3) is 0 Å². The van der Waals surface area contributed by atoms with E-state index in [1.54, 1.807) is 23.0 Å². The Bertz CT molecular complexity index is 1380. The SMILES string of the molecule is C#Cc1cccc(-c2nc(N)c(F)c(-c3cn(Cc4cccc(C(C)(C)N)n4)nn3)n2)c1C. The van der Waals surface area contributed by atoms with Crippen molar-refractivity contribution in [2.45, 2.75) is 32.9 Å². The molecule has 4 rings (SSSR count). The molecular weight excluding hydrogens is 419 g/mol. The van der Waals surface area contributed by atoms with E-state index < -0.39 is 11.4 Å². The number of aromatic nitrogens is 6. The average Bonchev–Trinajstić information content (AvgIpc) is 3.23. The van der Waals surface area contributed by atoms with Gasteiger partial charge in [-0.1, -0.05) is 29.3 Å². The molecule has 0 saturated carbocycles. The van der Waals surface area contributed by atoms with Gasteiger partial charge in [0.05, 0.1) is 29.7 Å². The molecular formula is C24H23FN8. The fraction of sp³-hybridized carbons (Fsp3) is 0.208. The molecule has 1 aromatic carbocycles. The van der Waals surface area contributed by atoms with Crippen LogP contribution >= 0.6 is 0 Å². The maximum Gasteiger partial charge on any atom is 0.193 e. The van der Waals surface area contributed by atoms with Gasteiger partial charge in [0, 0.05) is 11.1 Å². The smallest absolute Gasteiger partial charge is 0.193 e. The summed E-state index contributed by atoms with van der Waals surface area (Å²) in [5.41, 5.74) is 15.3. The van der Waals surface area contributed by atoms with Gasteiger partial charge in [-0.05, 0) is 44.5 Å². The van der Waals surface area contributed by atoms with Gasteiger partial charge in [0.15, 0.2) is 17.5 Å². The largest absolute Gasteiger partial charge is 0.381 e. The van der Waals surface area contributed by atoms with Crippen LogP contribution in [0.1, 0.15) is 36.4 Å². The molecule has 0 bridgehead atoms. The summed E-state index contributed by atoms with van der Waals surface area (Å²) in [5.74, 6) is 1.83. The van der Waals surface area contributed by atoms with E-state index >= 15 is 0 Å². The number of halogens is 1. The monoisotopic (exact) mass is 442 g/mol. The molecule has 3 heterocycles. The van der Waals surface area contributed by atoms with Gasteiger partial charge in [-0.2, -0.15) is 0 Å².